The summed E-state index contributed by atoms with van der Waals surface area (Å²) in [4.78, 5) is 7.86. The Morgan fingerprint density at radius 3 is 2.93 bits per heavy atom. The Hall–Kier alpha value is -0.960. The van der Waals surface area contributed by atoms with Crippen LogP contribution in [0, 0.1) is 0 Å². The first-order valence-electron chi connectivity index (χ1n) is 4.19. The number of nitrogens with zero attached hydrogens (tertiary/aromatic N) is 2. The topological polar surface area (TPSA) is 116 Å². The molecule has 6 N–H and O–H groups in total. The van der Waals surface area contributed by atoms with Gasteiger partial charge in [0.15, 0.2) is 0 Å². The van der Waals surface area contributed by atoms with Gasteiger partial charge in [0.2, 0.25) is 5.95 Å². The van der Waals surface area contributed by atoms with Crippen molar-refractivity contribution in [2.45, 2.75) is 6.10 Å². The Morgan fingerprint density at radius 1 is 1.60 bits per heavy atom. The average molecular weight is 278 g/mol. The fraction of sp³-hybridized carbons (Fsp3) is 0.429. The molecule has 1 rings (SSSR count). The van der Waals surface area contributed by atoms with Gasteiger partial charge < -0.3 is 15.5 Å². The highest BCUT2D eigenvalue weighted by Crippen LogP contribution is 2.19. The predicted molar refractivity (Wildman–Crippen MR) is 59.1 cm³/mol. The Bertz CT molecular complexity index is 324. The lowest BCUT2D eigenvalue weighted by molar-refractivity contribution is 0.105. The maximum absolute atomic E-state index is 9.13. The SMILES string of the molecule is NNc1ncc(Br)c(NCC(O)CO)n1. The van der Waals surface area contributed by atoms with E-state index in [0.29, 0.717) is 10.3 Å². The highest BCUT2D eigenvalue weighted by atomic mass is 79.9. The molecule has 1 aromatic rings. The number of aliphatic hydroxyl groups excluding tert-OH is 2. The van der Waals surface area contributed by atoms with Crippen LogP contribution in [-0.4, -0.2) is 39.4 Å². The summed E-state index contributed by atoms with van der Waals surface area (Å²) in [7, 11) is 0. The van der Waals surface area contributed by atoms with E-state index in [2.05, 4.69) is 36.6 Å². The third-order valence-corrected chi connectivity index (χ3v) is 2.17. The molecule has 0 amide bonds. The summed E-state index contributed by atoms with van der Waals surface area (Å²) in [6.45, 7) is -0.117. The number of nitrogen functional groups attached to an aromatic ring is 1. The molecule has 84 valence electrons. The monoisotopic (exact) mass is 277 g/mol. The Labute approximate surface area is 94.8 Å². The molecule has 1 aromatic heterocycles. The van der Waals surface area contributed by atoms with Gasteiger partial charge in [0.25, 0.3) is 0 Å². The zero-order chi connectivity index (χ0) is 11.3. The molecule has 15 heavy (non-hydrogen) atoms. The lowest BCUT2D eigenvalue weighted by Gasteiger charge is -2.11. The molecule has 8 heteroatoms. The summed E-state index contributed by atoms with van der Waals surface area (Å²) in [6, 6.07) is 0. The van der Waals surface area contributed by atoms with Crippen LogP contribution in [0.1, 0.15) is 0 Å². The van der Waals surface area contributed by atoms with Gasteiger partial charge in [-0.2, -0.15) is 4.98 Å². The van der Waals surface area contributed by atoms with Crippen molar-refractivity contribution in [3.8, 4) is 0 Å². The van der Waals surface area contributed by atoms with Crippen LogP contribution in [0.25, 0.3) is 0 Å². The van der Waals surface area contributed by atoms with E-state index in [0.717, 1.165) is 0 Å². The number of anilines is 2. The van der Waals surface area contributed by atoms with Gasteiger partial charge in [0.1, 0.15) is 5.82 Å². The molecule has 0 aliphatic carbocycles. The quantitative estimate of drug-likeness (QED) is 0.357. The standard InChI is InChI=1S/C7H12BrN5O2/c8-5-2-11-7(13-9)12-6(5)10-1-4(15)3-14/h2,4,14-15H,1,3,9H2,(H2,10,11,12,13). The largest absolute Gasteiger partial charge is 0.394 e. The van der Waals surface area contributed by atoms with Gasteiger partial charge >= 0.3 is 0 Å². The highest BCUT2D eigenvalue weighted by molar-refractivity contribution is 9.10. The molecule has 0 fully saturated rings. The maximum Gasteiger partial charge on any atom is 0.239 e. The van der Waals surface area contributed by atoms with E-state index in [9.17, 15) is 0 Å². The number of hydrogen-bond acceptors (Lipinski definition) is 7. The number of rotatable bonds is 5. The molecule has 0 aliphatic rings. The van der Waals surface area contributed by atoms with Crippen molar-refractivity contribution in [2.24, 2.45) is 5.84 Å². The molecular weight excluding hydrogens is 266 g/mol. The van der Waals surface area contributed by atoms with Gasteiger partial charge in [-0.05, 0) is 15.9 Å². The van der Waals surface area contributed by atoms with E-state index in [4.69, 9.17) is 16.1 Å². The van der Waals surface area contributed by atoms with Gasteiger partial charge in [0, 0.05) is 12.7 Å². The van der Waals surface area contributed by atoms with E-state index in [1.807, 2.05) is 0 Å². The number of aromatic nitrogens is 2. The number of nitrogens with two attached hydrogens (primary N) is 1. The molecule has 7 nitrogen and oxygen atoms in total. The second kappa shape index (κ2) is 5.81. The number of hydrogen-bond donors (Lipinski definition) is 5. The summed E-state index contributed by atoms with van der Waals surface area (Å²) >= 11 is 3.23. The van der Waals surface area contributed by atoms with Gasteiger partial charge in [0.05, 0.1) is 17.2 Å². The van der Waals surface area contributed by atoms with Crippen molar-refractivity contribution in [3.63, 3.8) is 0 Å². The minimum atomic E-state index is -0.832. The van der Waals surface area contributed by atoms with Crippen molar-refractivity contribution in [1.29, 1.82) is 0 Å². The lowest BCUT2D eigenvalue weighted by atomic mass is 10.4. The lowest BCUT2D eigenvalue weighted by Crippen LogP contribution is -2.24. The van der Waals surface area contributed by atoms with E-state index in [1.165, 1.54) is 6.20 Å². The van der Waals surface area contributed by atoms with Crippen LogP contribution in [0.4, 0.5) is 11.8 Å². The predicted octanol–water partition coefficient (Wildman–Crippen LogP) is -0.710. The second-order valence-corrected chi connectivity index (χ2v) is 3.61. The fourth-order valence-electron chi connectivity index (χ4n) is 0.840. The molecule has 0 aliphatic heterocycles. The number of aliphatic hydroxyl groups is 2. The van der Waals surface area contributed by atoms with Crippen molar-refractivity contribution in [3.05, 3.63) is 10.7 Å². The summed E-state index contributed by atoms with van der Waals surface area (Å²) in [5, 5.41) is 20.6. The summed E-state index contributed by atoms with van der Waals surface area (Å²) in [6.07, 6.45) is 0.691. The molecule has 1 heterocycles. The van der Waals surface area contributed by atoms with Gasteiger partial charge in [-0.1, -0.05) is 0 Å². The first kappa shape index (κ1) is 12.1. The Balaban J connectivity index is 2.66. The van der Waals surface area contributed by atoms with E-state index in [-0.39, 0.29) is 19.1 Å². The van der Waals surface area contributed by atoms with Gasteiger partial charge in [-0.15, -0.1) is 0 Å². The first-order valence-corrected chi connectivity index (χ1v) is 4.98. The normalized spacial score (nSPS) is 12.3. The zero-order valence-corrected chi connectivity index (χ0v) is 9.40. The van der Waals surface area contributed by atoms with Crippen LogP contribution in [-0.2, 0) is 0 Å². The zero-order valence-electron chi connectivity index (χ0n) is 7.81. The molecule has 0 spiro atoms. The Morgan fingerprint density at radius 2 is 2.33 bits per heavy atom. The molecule has 0 saturated carbocycles. The minimum Gasteiger partial charge on any atom is -0.394 e. The summed E-state index contributed by atoms with van der Waals surface area (Å²) in [5.41, 5.74) is 2.30. The van der Waals surface area contributed by atoms with Gasteiger partial charge in [-0.3, -0.25) is 5.43 Å². The number of nitrogens with one attached hydrogen (secondary N) is 2. The Kier molecular flexibility index (Phi) is 4.69. The van der Waals surface area contributed by atoms with Crippen molar-refractivity contribution in [1.82, 2.24) is 9.97 Å². The smallest absolute Gasteiger partial charge is 0.239 e. The van der Waals surface area contributed by atoms with Crippen LogP contribution in [0.2, 0.25) is 0 Å². The van der Waals surface area contributed by atoms with Crippen molar-refractivity contribution < 1.29 is 10.2 Å². The van der Waals surface area contributed by atoms with Crippen LogP contribution in [0.3, 0.4) is 0 Å². The van der Waals surface area contributed by atoms with Crippen molar-refractivity contribution >= 4 is 27.7 Å². The van der Waals surface area contributed by atoms with Crippen LogP contribution in [0.15, 0.2) is 10.7 Å². The maximum atomic E-state index is 9.13. The summed E-state index contributed by atoms with van der Waals surface area (Å²) in [5.74, 6) is 5.90. The molecule has 1 unspecified atom stereocenters. The van der Waals surface area contributed by atoms with E-state index < -0.39 is 6.10 Å². The molecule has 0 bridgehead atoms. The average Bonchev–Trinajstić information content (AvgIpc) is 2.27. The van der Waals surface area contributed by atoms with Crippen molar-refractivity contribution in [2.75, 3.05) is 23.9 Å². The minimum absolute atomic E-state index is 0.191. The van der Waals surface area contributed by atoms with E-state index in [1.54, 1.807) is 0 Å². The molecule has 0 aromatic carbocycles. The second-order valence-electron chi connectivity index (χ2n) is 2.75. The van der Waals surface area contributed by atoms with Crippen LogP contribution < -0.4 is 16.6 Å². The molecule has 1 atom stereocenters. The first-order chi connectivity index (χ1) is 7.17. The third-order valence-electron chi connectivity index (χ3n) is 1.59. The third kappa shape index (κ3) is 3.59. The van der Waals surface area contributed by atoms with Crippen LogP contribution >= 0.6 is 15.9 Å². The fourth-order valence-corrected chi connectivity index (χ4v) is 1.17. The molecule has 0 radical (unpaired) electrons. The number of halogens is 1. The van der Waals surface area contributed by atoms with Gasteiger partial charge in [-0.25, -0.2) is 10.8 Å². The van der Waals surface area contributed by atoms with E-state index >= 15 is 0 Å². The highest BCUT2D eigenvalue weighted by Gasteiger charge is 2.06. The molecular formula is C7H12BrN5O2. The number of hydrazine groups is 1. The summed E-state index contributed by atoms with van der Waals surface area (Å²) < 4.78 is 0.645. The van der Waals surface area contributed by atoms with Crippen LogP contribution in [0.5, 0.6) is 0 Å². The molecule has 0 saturated heterocycles.